The molecule has 7 nitrogen and oxygen atoms in total. The third kappa shape index (κ3) is 4.60. The summed E-state index contributed by atoms with van der Waals surface area (Å²) in [5, 5.41) is 2.73. The number of carbonyl (C=O) groups excluding carboxylic acids is 2. The normalized spacial score (nSPS) is 19.9. The Hall–Kier alpha value is -3.22. The van der Waals surface area contributed by atoms with Gasteiger partial charge in [0, 0.05) is 5.92 Å². The molecule has 2 unspecified atom stereocenters. The number of esters is 1. The second-order valence-electron chi connectivity index (χ2n) is 8.51. The molecule has 0 heterocycles. The van der Waals surface area contributed by atoms with Crippen molar-refractivity contribution in [2.24, 2.45) is 0 Å². The maximum atomic E-state index is 12.5. The highest BCUT2D eigenvalue weighted by Crippen LogP contribution is 2.53. The molecule has 1 saturated carbocycles. The summed E-state index contributed by atoms with van der Waals surface area (Å²) in [6.07, 6.45) is -0.202. The fraction of sp³-hybridized carbons (Fsp3) is 0.417. The molecule has 1 fully saturated rings. The van der Waals surface area contributed by atoms with E-state index in [9.17, 15) is 9.59 Å². The summed E-state index contributed by atoms with van der Waals surface area (Å²) in [7, 11) is 4.54. The summed E-state index contributed by atoms with van der Waals surface area (Å²) in [6, 6.07) is 13.4. The van der Waals surface area contributed by atoms with Crippen molar-refractivity contribution in [1.29, 1.82) is 0 Å². The van der Waals surface area contributed by atoms with Crippen LogP contribution >= 0.6 is 0 Å². The number of hydrogen-bond acceptors (Lipinski definition) is 6. The summed E-state index contributed by atoms with van der Waals surface area (Å²) in [4.78, 5) is 24.8. The number of nitrogens with one attached hydrogen (secondary N) is 1. The summed E-state index contributed by atoms with van der Waals surface area (Å²) in [5.41, 5.74) is 0.893. The molecule has 7 heteroatoms. The lowest BCUT2D eigenvalue weighted by Crippen LogP contribution is -2.47. The van der Waals surface area contributed by atoms with Crippen molar-refractivity contribution in [3.05, 3.63) is 48.0 Å². The minimum atomic E-state index is -1.12. The van der Waals surface area contributed by atoms with Gasteiger partial charge in [0.1, 0.15) is 22.6 Å². The van der Waals surface area contributed by atoms with Crippen LogP contribution in [0.1, 0.15) is 38.7 Å². The van der Waals surface area contributed by atoms with Crippen molar-refractivity contribution in [2.75, 3.05) is 21.3 Å². The zero-order valence-electron chi connectivity index (χ0n) is 18.8. The molecule has 0 aromatic heterocycles. The molecule has 0 radical (unpaired) electrons. The van der Waals surface area contributed by atoms with Crippen molar-refractivity contribution in [2.45, 2.75) is 44.2 Å². The SMILES string of the molecule is COC(=O)C1(NC(=O)OC(C)(C)C)CC1c1ccc(-c2c(OC)cccc2OC)cc1. The molecular weight excluding hydrogens is 398 g/mol. The summed E-state index contributed by atoms with van der Waals surface area (Å²) >= 11 is 0. The average molecular weight is 427 g/mol. The highest BCUT2D eigenvalue weighted by atomic mass is 16.6. The Labute approximate surface area is 182 Å². The second kappa shape index (κ2) is 8.49. The van der Waals surface area contributed by atoms with Gasteiger partial charge in [-0.05, 0) is 50.5 Å². The molecule has 1 amide bonds. The Morgan fingerprint density at radius 2 is 1.55 bits per heavy atom. The zero-order valence-corrected chi connectivity index (χ0v) is 18.8. The van der Waals surface area contributed by atoms with Crippen LogP contribution in [0.3, 0.4) is 0 Å². The first-order chi connectivity index (χ1) is 14.6. The third-order valence-electron chi connectivity index (χ3n) is 5.26. The molecule has 1 aliphatic carbocycles. The highest BCUT2D eigenvalue weighted by molar-refractivity contribution is 5.91. The lowest BCUT2D eigenvalue weighted by Gasteiger charge is -2.23. The van der Waals surface area contributed by atoms with Crippen LogP contribution in [-0.2, 0) is 14.3 Å². The van der Waals surface area contributed by atoms with Crippen LogP contribution < -0.4 is 14.8 Å². The Balaban J connectivity index is 1.86. The molecule has 166 valence electrons. The van der Waals surface area contributed by atoms with Crippen molar-refractivity contribution >= 4 is 12.1 Å². The van der Waals surface area contributed by atoms with E-state index in [-0.39, 0.29) is 5.92 Å². The number of benzene rings is 2. The van der Waals surface area contributed by atoms with Gasteiger partial charge < -0.3 is 24.3 Å². The van der Waals surface area contributed by atoms with E-state index < -0.39 is 23.2 Å². The Morgan fingerprint density at radius 1 is 0.968 bits per heavy atom. The third-order valence-corrected chi connectivity index (χ3v) is 5.26. The largest absolute Gasteiger partial charge is 0.496 e. The van der Waals surface area contributed by atoms with Gasteiger partial charge >= 0.3 is 12.1 Å². The zero-order chi connectivity index (χ0) is 22.8. The number of ether oxygens (including phenoxy) is 4. The van der Waals surface area contributed by atoms with Crippen molar-refractivity contribution < 1.29 is 28.5 Å². The lowest BCUT2D eigenvalue weighted by atomic mass is 9.99. The molecule has 2 aromatic carbocycles. The fourth-order valence-corrected chi connectivity index (χ4v) is 3.77. The first-order valence-corrected chi connectivity index (χ1v) is 10.1. The van der Waals surface area contributed by atoms with Crippen molar-refractivity contribution in [1.82, 2.24) is 5.32 Å². The van der Waals surface area contributed by atoms with E-state index in [0.717, 1.165) is 16.7 Å². The summed E-state index contributed by atoms with van der Waals surface area (Å²) in [5.74, 6) is 0.711. The van der Waals surface area contributed by atoms with Gasteiger partial charge in [-0.25, -0.2) is 9.59 Å². The molecule has 3 rings (SSSR count). The van der Waals surface area contributed by atoms with E-state index in [1.807, 2.05) is 42.5 Å². The lowest BCUT2D eigenvalue weighted by molar-refractivity contribution is -0.144. The van der Waals surface area contributed by atoms with Crippen LogP contribution in [0.5, 0.6) is 11.5 Å². The Bertz CT molecular complexity index is 941. The van der Waals surface area contributed by atoms with Gasteiger partial charge in [0.25, 0.3) is 0 Å². The molecule has 0 spiro atoms. The van der Waals surface area contributed by atoms with Gasteiger partial charge in [0.05, 0.1) is 26.9 Å². The van der Waals surface area contributed by atoms with Crippen LogP contribution in [0.4, 0.5) is 4.79 Å². The molecule has 1 N–H and O–H groups in total. The van der Waals surface area contributed by atoms with Gasteiger partial charge in [0.15, 0.2) is 0 Å². The topological polar surface area (TPSA) is 83.1 Å². The number of alkyl carbamates (subject to hydrolysis) is 1. The first-order valence-electron chi connectivity index (χ1n) is 10.1. The van der Waals surface area contributed by atoms with E-state index in [0.29, 0.717) is 17.9 Å². The van der Waals surface area contributed by atoms with Crippen LogP contribution in [0.25, 0.3) is 11.1 Å². The van der Waals surface area contributed by atoms with Gasteiger partial charge in [-0.2, -0.15) is 0 Å². The maximum Gasteiger partial charge on any atom is 0.408 e. The standard InChI is InChI=1S/C24H29NO6/c1-23(2,3)31-22(27)25-24(21(26)30-6)14-17(24)15-10-12-16(13-11-15)20-18(28-4)8-7-9-19(20)29-5/h7-13,17H,14H2,1-6H3,(H,25,27). The summed E-state index contributed by atoms with van der Waals surface area (Å²) < 4.78 is 21.3. The summed E-state index contributed by atoms with van der Waals surface area (Å²) in [6.45, 7) is 5.31. The number of hydrogen-bond donors (Lipinski definition) is 1. The van der Waals surface area contributed by atoms with Crippen LogP contribution in [0.15, 0.2) is 42.5 Å². The number of carbonyl (C=O) groups is 2. The minimum absolute atomic E-state index is 0.207. The van der Waals surface area contributed by atoms with Crippen LogP contribution in [0, 0.1) is 0 Å². The average Bonchev–Trinajstić information content (AvgIpc) is 3.46. The van der Waals surface area contributed by atoms with Crippen LogP contribution in [-0.4, -0.2) is 44.5 Å². The van der Waals surface area contributed by atoms with E-state index in [1.165, 1.54) is 7.11 Å². The molecule has 2 aromatic rings. The van der Waals surface area contributed by atoms with Crippen LogP contribution in [0.2, 0.25) is 0 Å². The van der Waals surface area contributed by atoms with Gasteiger partial charge in [-0.1, -0.05) is 30.3 Å². The maximum absolute atomic E-state index is 12.5. The van der Waals surface area contributed by atoms with Gasteiger partial charge in [-0.15, -0.1) is 0 Å². The molecule has 0 aliphatic heterocycles. The number of rotatable bonds is 6. The first kappa shape index (κ1) is 22.5. The molecule has 0 bridgehead atoms. The predicted molar refractivity (Wildman–Crippen MR) is 116 cm³/mol. The highest BCUT2D eigenvalue weighted by Gasteiger charge is 2.63. The van der Waals surface area contributed by atoms with Crippen molar-refractivity contribution in [3.63, 3.8) is 0 Å². The van der Waals surface area contributed by atoms with E-state index in [4.69, 9.17) is 18.9 Å². The molecule has 31 heavy (non-hydrogen) atoms. The van der Waals surface area contributed by atoms with E-state index in [1.54, 1.807) is 35.0 Å². The van der Waals surface area contributed by atoms with E-state index >= 15 is 0 Å². The second-order valence-corrected chi connectivity index (χ2v) is 8.51. The van der Waals surface area contributed by atoms with Gasteiger partial charge in [-0.3, -0.25) is 0 Å². The van der Waals surface area contributed by atoms with E-state index in [2.05, 4.69) is 5.32 Å². The molecular formula is C24H29NO6. The molecule has 1 aliphatic rings. The Kier molecular flexibility index (Phi) is 6.15. The van der Waals surface area contributed by atoms with Crippen molar-refractivity contribution in [3.8, 4) is 22.6 Å². The Morgan fingerprint density at radius 3 is 2.03 bits per heavy atom. The molecule has 2 atom stereocenters. The van der Waals surface area contributed by atoms with Gasteiger partial charge in [0.2, 0.25) is 0 Å². The number of amides is 1. The fourth-order valence-electron chi connectivity index (χ4n) is 3.77. The smallest absolute Gasteiger partial charge is 0.408 e. The quantitative estimate of drug-likeness (QED) is 0.693. The minimum Gasteiger partial charge on any atom is -0.496 e. The molecule has 0 saturated heterocycles. The number of methoxy groups -OCH3 is 3. The predicted octanol–water partition coefficient (Wildman–Crippen LogP) is 4.29. The monoisotopic (exact) mass is 427 g/mol.